The number of rotatable bonds is 8. The van der Waals surface area contributed by atoms with Gasteiger partial charge in [-0.3, -0.25) is 9.98 Å². The number of hydrogen-bond donors (Lipinski definition) is 0. The largest absolute Gasteiger partial charge is 0.306 e. The topological polar surface area (TPSA) is 28.0 Å². The molecule has 4 heteroatoms. The van der Waals surface area contributed by atoms with Crippen LogP contribution in [-0.2, 0) is 0 Å². The summed E-state index contributed by atoms with van der Waals surface area (Å²) >= 11 is 1.80. The molecule has 0 atom stereocenters. The highest BCUT2D eigenvalue weighted by molar-refractivity contribution is 8.02. The first-order chi connectivity index (χ1) is 8.16. The summed E-state index contributed by atoms with van der Waals surface area (Å²) in [6.45, 7) is 5.07. The molecular formula is C13H23N3S. The average molecular weight is 253 g/mol. The summed E-state index contributed by atoms with van der Waals surface area (Å²) < 4.78 is 0. The Balaban J connectivity index is 3.81. The highest BCUT2D eigenvalue weighted by Crippen LogP contribution is 2.08. The molecule has 0 aromatic carbocycles. The Labute approximate surface area is 109 Å². The third-order valence-corrected chi connectivity index (χ3v) is 2.82. The summed E-state index contributed by atoms with van der Waals surface area (Å²) in [6.07, 6.45) is 8.41. The van der Waals surface area contributed by atoms with Crippen molar-refractivity contribution < 1.29 is 0 Å². The Morgan fingerprint density at radius 2 is 2.06 bits per heavy atom. The van der Waals surface area contributed by atoms with Gasteiger partial charge in [-0.15, -0.1) is 11.8 Å². The van der Waals surface area contributed by atoms with E-state index in [-0.39, 0.29) is 0 Å². The first kappa shape index (κ1) is 16.1. The molecule has 0 N–H and O–H groups in total. The minimum absolute atomic E-state index is 0.904. The van der Waals surface area contributed by atoms with Crippen LogP contribution in [0.3, 0.4) is 0 Å². The Morgan fingerprint density at radius 1 is 1.29 bits per heavy atom. The molecular weight excluding hydrogens is 230 g/mol. The molecule has 0 heterocycles. The van der Waals surface area contributed by atoms with E-state index in [0.29, 0.717) is 0 Å². The Hall–Kier alpha value is -0.870. The van der Waals surface area contributed by atoms with Crippen molar-refractivity contribution in [1.82, 2.24) is 4.90 Å². The van der Waals surface area contributed by atoms with E-state index in [4.69, 9.17) is 0 Å². The number of aliphatic imine (C=N–C) groups is 2. The first-order valence-electron chi connectivity index (χ1n) is 5.80. The van der Waals surface area contributed by atoms with Gasteiger partial charge in [-0.05, 0) is 38.6 Å². The molecule has 0 fully saturated rings. The summed E-state index contributed by atoms with van der Waals surface area (Å²) in [5, 5.41) is 2.08. The molecule has 96 valence electrons. The predicted octanol–water partition coefficient (Wildman–Crippen LogP) is 3.21. The van der Waals surface area contributed by atoms with Gasteiger partial charge >= 0.3 is 0 Å². The fraction of sp³-hybridized carbons (Fsp3) is 0.538. The van der Waals surface area contributed by atoms with Crippen LogP contribution in [0.2, 0.25) is 0 Å². The lowest BCUT2D eigenvalue weighted by Gasteiger charge is -2.02. The van der Waals surface area contributed by atoms with E-state index in [1.807, 2.05) is 27.1 Å². The molecule has 0 rings (SSSR count). The highest BCUT2D eigenvalue weighted by Gasteiger charge is 1.83. The van der Waals surface area contributed by atoms with Crippen molar-refractivity contribution in [1.29, 1.82) is 0 Å². The van der Waals surface area contributed by atoms with Crippen molar-refractivity contribution in [2.24, 2.45) is 9.98 Å². The van der Waals surface area contributed by atoms with Gasteiger partial charge in [0.2, 0.25) is 0 Å². The number of likely N-dealkylation sites (N-methyl/N-ethyl adjacent to an activating group) is 1. The normalized spacial score (nSPS) is 13.8. The quantitative estimate of drug-likeness (QED) is 0.491. The van der Waals surface area contributed by atoms with Crippen molar-refractivity contribution >= 4 is 24.2 Å². The zero-order valence-electron chi connectivity index (χ0n) is 11.3. The summed E-state index contributed by atoms with van der Waals surface area (Å²) in [5.41, 5.74) is 1.02. The van der Waals surface area contributed by atoms with Crippen LogP contribution in [0.5, 0.6) is 0 Å². The fourth-order valence-electron chi connectivity index (χ4n) is 0.886. The Morgan fingerprint density at radius 3 is 2.71 bits per heavy atom. The van der Waals surface area contributed by atoms with Gasteiger partial charge in [0, 0.05) is 30.9 Å². The highest BCUT2D eigenvalue weighted by atomic mass is 32.2. The van der Waals surface area contributed by atoms with E-state index in [1.165, 1.54) is 6.42 Å². The maximum Gasteiger partial charge on any atom is 0.0454 e. The number of nitrogens with zero attached hydrogens (tertiary/aromatic N) is 3. The van der Waals surface area contributed by atoms with Crippen molar-refractivity contribution in [3.63, 3.8) is 0 Å². The standard InChI is InChI=1S/C13H23N3S/c1-5-11-17-12-13(2)15-9-8-14-7-6-10-16(3)4/h6-9,12H,5,10-11H2,1-4H3/b7-6?,13-12+,14-8-,15-9+. The summed E-state index contributed by atoms with van der Waals surface area (Å²) in [7, 11) is 4.05. The van der Waals surface area contributed by atoms with Crippen molar-refractivity contribution in [3.05, 3.63) is 23.4 Å². The van der Waals surface area contributed by atoms with E-state index < -0.39 is 0 Å². The third kappa shape index (κ3) is 13.1. The molecule has 17 heavy (non-hydrogen) atoms. The van der Waals surface area contributed by atoms with Gasteiger partial charge in [-0.25, -0.2) is 0 Å². The van der Waals surface area contributed by atoms with E-state index >= 15 is 0 Å². The van der Waals surface area contributed by atoms with Crippen LogP contribution in [-0.4, -0.2) is 43.7 Å². The second-order valence-corrected chi connectivity index (χ2v) is 4.83. The van der Waals surface area contributed by atoms with Gasteiger partial charge in [0.25, 0.3) is 0 Å². The molecule has 0 radical (unpaired) electrons. The van der Waals surface area contributed by atoms with Gasteiger partial charge in [0.15, 0.2) is 0 Å². The minimum atomic E-state index is 0.904. The summed E-state index contributed by atoms with van der Waals surface area (Å²) in [6, 6.07) is 0. The maximum atomic E-state index is 4.25. The Bertz CT molecular complexity index is 291. The molecule has 0 spiro atoms. The van der Waals surface area contributed by atoms with Crippen molar-refractivity contribution in [3.8, 4) is 0 Å². The number of allylic oxidation sites excluding steroid dienone is 1. The van der Waals surface area contributed by atoms with E-state index in [0.717, 1.165) is 18.0 Å². The molecule has 0 saturated heterocycles. The molecule has 0 aliphatic heterocycles. The van der Waals surface area contributed by atoms with Crippen LogP contribution in [0.15, 0.2) is 33.4 Å². The number of hydrogen-bond acceptors (Lipinski definition) is 4. The van der Waals surface area contributed by atoms with Gasteiger partial charge in [0.05, 0.1) is 0 Å². The SMILES string of the molecule is CCCS/C=C(C)/N=C/C=N\C=CCN(C)C. The minimum Gasteiger partial charge on any atom is -0.306 e. The van der Waals surface area contributed by atoms with Crippen LogP contribution < -0.4 is 0 Å². The van der Waals surface area contributed by atoms with Gasteiger partial charge in [-0.1, -0.05) is 13.0 Å². The van der Waals surface area contributed by atoms with Gasteiger partial charge < -0.3 is 4.90 Å². The van der Waals surface area contributed by atoms with E-state index in [9.17, 15) is 0 Å². The van der Waals surface area contributed by atoms with Crippen molar-refractivity contribution in [2.45, 2.75) is 20.3 Å². The third-order valence-electron chi connectivity index (χ3n) is 1.67. The second-order valence-electron chi connectivity index (χ2n) is 3.85. The molecule has 0 amide bonds. The van der Waals surface area contributed by atoms with Crippen LogP contribution >= 0.6 is 11.8 Å². The molecule has 0 aliphatic rings. The lowest BCUT2D eigenvalue weighted by molar-refractivity contribution is 0.456. The number of thioether (sulfide) groups is 1. The summed E-state index contributed by atoms with van der Waals surface area (Å²) in [5.74, 6) is 1.15. The zero-order valence-corrected chi connectivity index (χ0v) is 12.1. The fourth-order valence-corrected chi connectivity index (χ4v) is 1.54. The molecule has 0 bridgehead atoms. The lowest BCUT2D eigenvalue weighted by Crippen LogP contribution is -2.10. The maximum absolute atomic E-state index is 4.25. The monoisotopic (exact) mass is 253 g/mol. The lowest BCUT2D eigenvalue weighted by atomic mass is 10.5. The van der Waals surface area contributed by atoms with Crippen LogP contribution in [0, 0.1) is 0 Å². The summed E-state index contributed by atoms with van der Waals surface area (Å²) in [4.78, 5) is 10.4. The smallest absolute Gasteiger partial charge is 0.0454 e. The van der Waals surface area contributed by atoms with Gasteiger partial charge in [0.1, 0.15) is 0 Å². The van der Waals surface area contributed by atoms with Gasteiger partial charge in [-0.2, -0.15) is 0 Å². The predicted molar refractivity (Wildman–Crippen MR) is 81.2 cm³/mol. The Kier molecular flexibility index (Phi) is 11.0. The molecule has 0 aromatic rings. The molecule has 0 aliphatic carbocycles. The van der Waals surface area contributed by atoms with Crippen LogP contribution in [0.1, 0.15) is 20.3 Å². The van der Waals surface area contributed by atoms with Crippen LogP contribution in [0.4, 0.5) is 0 Å². The van der Waals surface area contributed by atoms with Crippen molar-refractivity contribution in [2.75, 3.05) is 26.4 Å². The second kappa shape index (κ2) is 11.6. The molecule has 0 aromatic heterocycles. The zero-order chi connectivity index (χ0) is 12.9. The average Bonchev–Trinajstić information content (AvgIpc) is 2.28. The first-order valence-corrected chi connectivity index (χ1v) is 6.85. The molecule has 0 saturated carbocycles. The molecule has 0 unspecified atom stereocenters. The molecule has 3 nitrogen and oxygen atoms in total. The van der Waals surface area contributed by atoms with Crippen LogP contribution in [0.25, 0.3) is 0 Å². The van der Waals surface area contributed by atoms with E-state index in [2.05, 4.69) is 27.2 Å². The van der Waals surface area contributed by atoms with E-state index in [1.54, 1.807) is 30.4 Å².